The zero-order valence-corrected chi connectivity index (χ0v) is 38.4. The van der Waals surface area contributed by atoms with Crippen molar-refractivity contribution >= 4 is 19.8 Å². The second kappa shape index (κ2) is 39.9. The maximum Gasteiger partial charge on any atom is 0.306 e. The van der Waals surface area contributed by atoms with Gasteiger partial charge in [-0.2, -0.15) is 0 Å². The molecule has 0 saturated heterocycles. The predicted molar refractivity (Wildman–Crippen MR) is 240 cm³/mol. The zero-order valence-electron chi connectivity index (χ0n) is 37.5. The molecule has 0 fully saturated rings. The van der Waals surface area contributed by atoms with Gasteiger partial charge in [-0.15, -0.1) is 0 Å². The molecule has 0 heterocycles. The first-order valence-electron chi connectivity index (χ1n) is 22.6. The van der Waals surface area contributed by atoms with Crippen molar-refractivity contribution in [3.63, 3.8) is 0 Å². The highest BCUT2D eigenvalue weighted by Crippen LogP contribution is 2.38. The topological polar surface area (TPSA) is 111 Å². The monoisotopic (exact) mass is 834 g/mol. The second-order valence-corrected chi connectivity index (χ2v) is 17.4. The molecule has 0 spiro atoms. The lowest BCUT2D eigenvalue weighted by Crippen LogP contribution is -2.37. The Morgan fingerprint density at radius 1 is 0.552 bits per heavy atom. The number of phosphoric ester groups is 1. The summed E-state index contributed by atoms with van der Waals surface area (Å²) in [6.07, 6.45) is 49.3. The van der Waals surface area contributed by atoms with Gasteiger partial charge >= 0.3 is 11.9 Å². The molecule has 10 heteroatoms. The number of quaternary nitrogens is 1. The fraction of sp³-hybridized carbons (Fsp3) is 0.708. The summed E-state index contributed by atoms with van der Waals surface area (Å²) in [6.45, 7) is 4.03. The van der Waals surface area contributed by atoms with Crippen LogP contribution in [0.1, 0.15) is 168 Å². The largest absolute Gasteiger partial charge is 0.756 e. The van der Waals surface area contributed by atoms with Gasteiger partial charge in [0.05, 0.1) is 27.7 Å². The fourth-order valence-electron chi connectivity index (χ4n) is 5.68. The van der Waals surface area contributed by atoms with Crippen molar-refractivity contribution in [3.05, 3.63) is 72.9 Å². The lowest BCUT2D eigenvalue weighted by molar-refractivity contribution is -0.870. The Hall–Kier alpha value is -2.55. The molecular weight excluding hydrogens is 750 g/mol. The van der Waals surface area contributed by atoms with Crippen molar-refractivity contribution in [2.24, 2.45) is 0 Å². The fourth-order valence-corrected chi connectivity index (χ4v) is 6.41. The molecule has 1 unspecified atom stereocenters. The molecule has 334 valence electrons. The summed E-state index contributed by atoms with van der Waals surface area (Å²) >= 11 is 0. The lowest BCUT2D eigenvalue weighted by atomic mass is 10.1. The maximum absolute atomic E-state index is 12.7. The summed E-state index contributed by atoms with van der Waals surface area (Å²) < 4.78 is 33.9. The number of unbranched alkanes of at least 4 members (excludes halogenated alkanes) is 14. The first kappa shape index (κ1) is 55.5. The van der Waals surface area contributed by atoms with Crippen LogP contribution in [-0.2, 0) is 32.7 Å². The van der Waals surface area contributed by atoms with E-state index in [1.807, 2.05) is 27.2 Å². The van der Waals surface area contributed by atoms with Crippen LogP contribution < -0.4 is 4.89 Å². The van der Waals surface area contributed by atoms with E-state index in [-0.39, 0.29) is 26.1 Å². The number of hydrogen-bond donors (Lipinski definition) is 0. The minimum absolute atomic E-state index is 0.0437. The third kappa shape index (κ3) is 43.0. The number of carbonyl (C=O) groups is 2. The summed E-state index contributed by atoms with van der Waals surface area (Å²) in [7, 11) is 1.12. The van der Waals surface area contributed by atoms with E-state index in [4.69, 9.17) is 18.5 Å². The standard InChI is InChI=1S/C48H84NO8P/c1-6-8-10-12-14-16-18-20-22-24-26-28-30-32-34-36-38-40-47(50)54-44-46(45-56-58(52,53)55-43-42-49(3,4)5)57-48(51)41-39-37-35-33-31-29-27-25-23-21-19-17-15-13-11-9-7-2/h8,10,14,16,20-23,26,28,32,34,46H,6-7,9,11-13,15,17-19,24-25,27,29-31,33,35-45H2,1-5H3/b10-8-,16-14-,22-20-,23-21-,28-26-,34-32-/t46-/m1/s1. The van der Waals surface area contributed by atoms with E-state index in [9.17, 15) is 19.0 Å². The Bertz CT molecular complexity index is 1220. The molecule has 0 aromatic carbocycles. The van der Waals surface area contributed by atoms with Crippen molar-refractivity contribution in [1.29, 1.82) is 0 Å². The van der Waals surface area contributed by atoms with Crippen molar-refractivity contribution in [2.75, 3.05) is 47.5 Å². The third-order valence-electron chi connectivity index (χ3n) is 9.21. The number of ether oxygens (including phenoxy) is 2. The Morgan fingerprint density at radius 3 is 1.53 bits per heavy atom. The van der Waals surface area contributed by atoms with Crippen LogP contribution in [0.15, 0.2) is 72.9 Å². The molecule has 0 rings (SSSR count). The maximum atomic E-state index is 12.7. The summed E-state index contributed by atoms with van der Waals surface area (Å²) in [5.74, 6) is -0.912. The molecule has 0 bridgehead atoms. The number of esters is 2. The highest BCUT2D eigenvalue weighted by atomic mass is 31.2. The van der Waals surface area contributed by atoms with Gasteiger partial charge in [0.1, 0.15) is 19.8 Å². The van der Waals surface area contributed by atoms with Crippen molar-refractivity contribution in [3.8, 4) is 0 Å². The molecule has 0 saturated carbocycles. The Kier molecular flexibility index (Phi) is 38.1. The molecular formula is C48H84NO8P. The third-order valence-corrected chi connectivity index (χ3v) is 10.2. The molecule has 58 heavy (non-hydrogen) atoms. The van der Waals surface area contributed by atoms with E-state index in [2.05, 4.69) is 80.7 Å². The number of rotatable bonds is 40. The summed E-state index contributed by atoms with van der Waals surface area (Å²) in [4.78, 5) is 37.5. The van der Waals surface area contributed by atoms with Gasteiger partial charge in [-0.3, -0.25) is 14.2 Å². The number of likely N-dealkylation sites (N-methyl/N-ethyl adjacent to an activating group) is 1. The van der Waals surface area contributed by atoms with Crippen molar-refractivity contribution in [2.45, 2.75) is 174 Å². The van der Waals surface area contributed by atoms with Gasteiger partial charge in [-0.05, 0) is 77.0 Å². The van der Waals surface area contributed by atoms with Gasteiger partial charge in [0, 0.05) is 12.8 Å². The van der Waals surface area contributed by atoms with E-state index < -0.39 is 32.5 Å². The van der Waals surface area contributed by atoms with Gasteiger partial charge in [-0.25, -0.2) is 0 Å². The number of hydrogen-bond acceptors (Lipinski definition) is 8. The highest BCUT2D eigenvalue weighted by molar-refractivity contribution is 7.45. The SMILES string of the molecule is CC/C=C\C/C=C\C/C=C\C/C=C\C/C=C\CCCC(=O)OC[C@H](COP(=O)([O-])OCC[N+](C)(C)C)OC(=O)CCCCCCCCC/C=C\CCCCCCCC. The quantitative estimate of drug-likeness (QED) is 0.0197. The van der Waals surface area contributed by atoms with Crippen LogP contribution in [-0.4, -0.2) is 70.0 Å². The van der Waals surface area contributed by atoms with Gasteiger partial charge < -0.3 is 27.9 Å². The van der Waals surface area contributed by atoms with Crippen LogP contribution in [0.3, 0.4) is 0 Å². The van der Waals surface area contributed by atoms with Crippen molar-refractivity contribution in [1.82, 2.24) is 0 Å². The van der Waals surface area contributed by atoms with E-state index in [1.54, 1.807) is 0 Å². The average molecular weight is 834 g/mol. The normalized spacial score (nSPS) is 14.2. The zero-order chi connectivity index (χ0) is 42.8. The van der Waals surface area contributed by atoms with Crippen LogP contribution in [0.4, 0.5) is 0 Å². The summed E-state index contributed by atoms with van der Waals surface area (Å²) in [5.41, 5.74) is 0. The van der Waals surface area contributed by atoms with E-state index >= 15 is 0 Å². The van der Waals surface area contributed by atoms with Gasteiger partial charge in [0.25, 0.3) is 7.82 Å². The van der Waals surface area contributed by atoms with Gasteiger partial charge in [0.15, 0.2) is 6.10 Å². The Morgan fingerprint density at radius 2 is 1.00 bits per heavy atom. The van der Waals surface area contributed by atoms with E-state index in [0.717, 1.165) is 64.2 Å². The molecule has 0 aromatic rings. The molecule has 0 amide bonds. The highest BCUT2D eigenvalue weighted by Gasteiger charge is 2.21. The average Bonchev–Trinajstić information content (AvgIpc) is 3.17. The molecule has 2 atom stereocenters. The second-order valence-electron chi connectivity index (χ2n) is 16.0. The summed E-state index contributed by atoms with van der Waals surface area (Å²) in [5, 5.41) is 0. The Labute approximate surface area is 355 Å². The van der Waals surface area contributed by atoms with Gasteiger partial charge in [0.2, 0.25) is 0 Å². The van der Waals surface area contributed by atoms with E-state index in [0.29, 0.717) is 23.9 Å². The molecule has 9 nitrogen and oxygen atoms in total. The van der Waals surface area contributed by atoms with Gasteiger partial charge in [-0.1, -0.05) is 151 Å². The minimum Gasteiger partial charge on any atom is -0.756 e. The number of nitrogens with zero attached hydrogens (tertiary/aromatic N) is 1. The Balaban J connectivity index is 4.45. The first-order valence-corrected chi connectivity index (χ1v) is 24.1. The molecule has 0 aliphatic heterocycles. The predicted octanol–water partition coefficient (Wildman–Crippen LogP) is 12.4. The van der Waals surface area contributed by atoms with Crippen molar-refractivity contribution < 1.29 is 42.1 Å². The lowest BCUT2D eigenvalue weighted by Gasteiger charge is -2.28. The van der Waals surface area contributed by atoms with Crippen LogP contribution >= 0.6 is 7.82 Å². The summed E-state index contributed by atoms with van der Waals surface area (Å²) in [6, 6.07) is 0. The first-order chi connectivity index (χ1) is 28.0. The van der Waals surface area contributed by atoms with Crippen LogP contribution in [0.5, 0.6) is 0 Å². The number of allylic oxidation sites excluding steroid dienone is 12. The van der Waals surface area contributed by atoms with E-state index in [1.165, 1.54) is 64.2 Å². The molecule has 0 radical (unpaired) electrons. The smallest absolute Gasteiger partial charge is 0.306 e. The number of carbonyl (C=O) groups excluding carboxylic acids is 2. The molecule has 0 N–H and O–H groups in total. The molecule has 0 aliphatic carbocycles. The van der Waals surface area contributed by atoms with Crippen LogP contribution in [0, 0.1) is 0 Å². The van der Waals surface area contributed by atoms with Crippen LogP contribution in [0.25, 0.3) is 0 Å². The van der Waals surface area contributed by atoms with Crippen LogP contribution in [0.2, 0.25) is 0 Å². The number of phosphoric acid groups is 1. The molecule has 0 aliphatic rings. The molecule has 0 aromatic heterocycles. The minimum atomic E-state index is -4.64.